The van der Waals surface area contributed by atoms with Crippen LogP contribution in [0.15, 0.2) is 46.9 Å². The number of carbonyl (C=O) groups excluding carboxylic acids is 2. The molecule has 0 aliphatic heterocycles. The number of ether oxygens (including phenoxy) is 1. The number of carbonyl (C=O) groups is 2. The number of unbranched alkanes of at least 4 members (excludes halogenated alkanes) is 1. The Morgan fingerprint density at radius 2 is 1.82 bits per heavy atom. The number of nitrogens with one attached hydrogen (secondary N) is 2. The molecule has 1 atom stereocenters. The summed E-state index contributed by atoms with van der Waals surface area (Å²) in [5, 5.41) is 5.76. The van der Waals surface area contributed by atoms with Crippen molar-refractivity contribution in [3.05, 3.63) is 58.1 Å². The van der Waals surface area contributed by atoms with E-state index in [4.69, 9.17) is 4.74 Å². The number of amides is 2. The van der Waals surface area contributed by atoms with Gasteiger partial charge in [0, 0.05) is 22.9 Å². The first-order valence-electron chi connectivity index (χ1n) is 9.59. The van der Waals surface area contributed by atoms with Gasteiger partial charge in [-0.2, -0.15) is 0 Å². The molecule has 5 nitrogen and oxygen atoms in total. The molecular weight excluding hydrogens is 420 g/mol. The van der Waals surface area contributed by atoms with E-state index in [0.717, 1.165) is 23.7 Å². The van der Waals surface area contributed by atoms with Crippen molar-refractivity contribution in [2.45, 2.75) is 46.1 Å². The Kier molecular flexibility index (Phi) is 8.51. The zero-order valence-corrected chi connectivity index (χ0v) is 18.1. The summed E-state index contributed by atoms with van der Waals surface area (Å²) in [6.07, 6.45) is 2.90. The van der Waals surface area contributed by atoms with E-state index in [1.165, 1.54) is 0 Å². The molecule has 2 aromatic carbocycles. The predicted molar refractivity (Wildman–Crippen MR) is 116 cm³/mol. The molecule has 2 aromatic rings. The van der Waals surface area contributed by atoms with Gasteiger partial charge in [0.25, 0.3) is 11.8 Å². The second-order valence-corrected chi connectivity index (χ2v) is 7.52. The van der Waals surface area contributed by atoms with Crippen LogP contribution < -0.4 is 15.4 Å². The summed E-state index contributed by atoms with van der Waals surface area (Å²) in [5.74, 6) is 0.316. The molecule has 0 aromatic heterocycles. The molecule has 0 saturated heterocycles. The summed E-state index contributed by atoms with van der Waals surface area (Å²) in [5.41, 5.74) is 1.59. The molecule has 0 fully saturated rings. The lowest BCUT2D eigenvalue weighted by Gasteiger charge is -2.13. The third-order valence-electron chi connectivity index (χ3n) is 4.32. The van der Waals surface area contributed by atoms with Gasteiger partial charge < -0.3 is 15.4 Å². The lowest BCUT2D eigenvalue weighted by Crippen LogP contribution is -2.31. The quantitative estimate of drug-likeness (QED) is 0.506. The largest absolute Gasteiger partial charge is 0.492 e. The highest BCUT2D eigenvalue weighted by atomic mass is 79.9. The second kappa shape index (κ2) is 10.9. The van der Waals surface area contributed by atoms with Crippen LogP contribution in [-0.4, -0.2) is 24.5 Å². The summed E-state index contributed by atoms with van der Waals surface area (Å²) in [6.45, 7) is 6.72. The third-order valence-corrected chi connectivity index (χ3v) is 4.94. The van der Waals surface area contributed by atoms with Gasteiger partial charge in [-0.25, -0.2) is 0 Å². The summed E-state index contributed by atoms with van der Waals surface area (Å²) >= 11 is 3.46. The minimum absolute atomic E-state index is 0.0983. The van der Waals surface area contributed by atoms with Crippen molar-refractivity contribution in [3.8, 4) is 5.75 Å². The summed E-state index contributed by atoms with van der Waals surface area (Å²) in [6, 6.07) is 12.2. The zero-order chi connectivity index (χ0) is 20.5. The normalized spacial score (nSPS) is 11.6. The summed E-state index contributed by atoms with van der Waals surface area (Å²) < 4.78 is 6.42. The maximum Gasteiger partial charge on any atom is 0.255 e. The monoisotopic (exact) mass is 446 g/mol. The van der Waals surface area contributed by atoms with E-state index < -0.39 is 0 Å². The van der Waals surface area contributed by atoms with E-state index in [-0.39, 0.29) is 17.9 Å². The van der Waals surface area contributed by atoms with Crippen LogP contribution in [0.2, 0.25) is 0 Å². The van der Waals surface area contributed by atoms with Gasteiger partial charge in [-0.3, -0.25) is 9.59 Å². The van der Waals surface area contributed by atoms with Crippen LogP contribution in [0.25, 0.3) is 0 Å². The van der Waals surface area contributed by atoms with Crippen molar-refractivity contribution in [2.24, 2.45) is 0 Å². The van der Waals surface area contributed by atoms with E-state index in [0.29, 0.717) is 29.2 Å². The van der Waals surface area contributed by atoms with Gasteiger partial charge in [0.05, 0.1) is 11.1 Å². The van der Waals surface area contributed by atoms with Crippen LogP contribution >= 0.6 is 15.9 Å². The number of halogens is 1. The minimum atomic E-state index is -0.250. The van der Waals surface area contributed by atoms with E-state index in [1.807, 2.05) is 13.8 Å². The van der Waals surface area contributed by atoms with Gasteiger partial charge in [-0.1, -0.05) is 26.3 Å². The maximum absolute atomic E-state index is 12.6. The van der Waals surface area contributed by atoms with Crippen molar-refractivity contribution in [3.63, 3.8) is 0 Å². The van der Waals surface area contributed by atoms with Crippen LogP contribution in [-0.2, 0) is 0 Å². The molecule has 0 spiro atoms. The fourth-order valence-corrected chi connectivity index (χ4v) is 2.93. The highest BCUT2D eigenvalue weighted by Gasteiger charge is 2.12. The molecule has 1 unspecified atom stereocenters. The lowest BCUT2D eigenvalue weighted by molar-refractivity contribution is 0.0938. The summed E-state index contributed by atoms with van der Waals surface area (Å²) in [4.78, 5) is 24.8. The maximum atomic E-state index is 12.6. The lowest BCUT2D eigenvalue weighted by atomic mass is 10.1. The van der Waals surface area contributed by atoms with Crippen LogP contribution in [0.4, 0.5) is 5.69 Å². The van der Waals surface area contributed by atoms with E-state index in [1.54, 1.807) is 42.5 Å². The average molecular weight is 447 g/mol. The second-order valence-electron chi connectivity index (χ2n) is 6.66. The molecule has 0 aliphatic rings. The van der Waals surface area contributed by atoms with Gasteiger partial charge in [0.15, 0.2) is 0 Å². The molecule has 0 aliphatic carbocycles. The number of benzene rings is 2. The van der Waals surface area contributed by atoms with Gasteiger partial charge in [-0.05, 0) is 72.1 Å². The topological polar surface area (TPSA) is 67.4 Å². The molecule has 150 valence electrons. The van der Waals surface area contributed by atoms with Crippen molar-refractivity contribution >= 4 is 33.4 Å². The molecule has 0 saturated carbocycles. The first-order valence-corrected chi connectivity index (χ1v) is 10.4. The Hall–Kier alpha value is -2.34. The zero-order valence-electron chi connectivity index (χ0n) is 16.5. The predicted octanol–water partition coefficient (Wildman–Crippen LogP) is 5.41. The first-order chi connectivity index (χ1) is 13.4. The molecule has 2 amide bonds. The van der Waals surface area contributed by atoms with Crippen molar-refractivity contribution in [2.75, 3.05) is 11.9 Å². The molecule has 28 heavy (non-hydrogen) atoms. The fourth-order valence-electron chi connectivity index (χ4n) is 2.44. The highest BCUT2D eigenvalue weighted by Crippen LogP contribution is 2.26. The Labute approximate surface area is 175 Å². The minimum Gasteiger partial charge on any atom is -0.492 e. The Bertz CT molecular complexity index is 823. The van der Waals surface area contributed by atoms with Crippen LogP contribution in [0.1, 0.15) is 60.7 Å². The van der Waals surface area contributed by atoms with Gasteiger partial charge in [-0.15, -0.1) is 0 Å². The van der Waals surface area contributed by atoms with Gasteiger partial charge in [0.2, 0.25) is 0 Å². The summed E-state index contributed by atoms with van der Waals surface area (Å²) in [7, 11) is 0. The van der Waals surface area contributed by atoms with Gasteiger partial charge in [0.1, 0.15) is 5.75 Å². The van der Waals surface area contributed by atoms with Crippen LogP contribution in [0.5, 0.6) is 5.75 Å². The molecule has 6 heteroatoms. The number of hydrogen-bond acceptors (Lipinski definition) is 3. The van der Waals surface area contributed by atoms with E-state index in [9.17, 15) is 9.59 Å². The smallest absolute Gasteiger partial charge is 0.255 e. The van der Waals surface area contributed by atoms with E-state index in [2.05, 4.69) is 33.5 Å². The molecule has 0 heterocycles. The SMILES string of the molecule is CCCCOc1ccc(C(=O)Nc2cccc(C(=O)NC(C)CC)c2)cc1Br. The van der Waals surface area contributed by atoms with Gasteiger partial charge >= 0.3 is 0 Å². The first kappa shape index (κ1) is 22.0. The molecule has 2 N–H and O–H groups in total. The molecule has 2 rings (SSSR count). The number of hydrogen-bond donors (Lipinski definition) is 2. The van der Waals surface area contributed by atoms with Crippen molar-refractivity contribution < 1.29 is 14.3 Å². The molecule has 0 radical (unpaired) electrons. The van der Waals surface area contributed by atoms with E-state index >= 15 is 0 Å². The highest BCUT2D eigenvalue weighted by molar-refractivity contribution is 9.10. The molecular formula is C22H27BrN2O3. The Balaban J connectivity index is 2.05. The fraction of sp³-hybridized carbons (Fsp3) is 0.364. The van der Waals surface area contributed by atoms with Crippen LogP contribution in [0.3, 0.4) is 0 Å². The van der Waals surface area contributed by atoms with Crippen LogP contribution in [0, 0.1) is 0 Å². The van der Waals surface area contributed by atoms with Crippen molar-refractivity contribution in [1.82, 2.24) is 5.32 Å². The standard InChI is InChI=1S/C22H27BrN2O3/c1-4-6-12-28-20-11-10-17(14-19(20)23)22(27)25-18-9-7-8-16(13-18)21(26)24-15(3)5-2/h7-11,13-15H,4-6,12H2,1-3H3,(H,24,26)(H,25,27). The Morgan fingerprint density at radius 3 is 2.50 bits per heavy atom. The average Bonchev–Trinajstić information content (AvgIpc) is 2.69. The number of rotatable bonds is 9. The number of anilines is 1. The van der Waals surface area contributed by atoms with Crippen molar-refractivity contribution in [1.29, 1.82) is 0 Å². The third kappa shape index (κ3) is 6.37. The Morgan fingerprint density at radius 1 is 1.07 bits per heavy atom. The molecule has 0 bridgehead atoms.